The third kappa shape index (κ3) is 5.42. The predicted octanol–water partition coefficient (Wildman–Crippen LogP) is 3.61. The summed E-state index contributed by atoms with van der Waals surface area (Å²) in [5.74, 6) is 1.69. The molecule has 4 rings (SSSR count). The molecule has 1 aliphatic rings. The van der Waals surface area contributed by atoms with Gasteiger partial charge in [-0.25, -0.2) is 9.79 Å². The third-order valence-electron chi connectivity index (χ3n) is 6.33. The second kappa shape index (κ2) is 12.2. The molecule has 1 atom stereocenters. The van der Waals surface area contributed by atoms with E-state index < -0.39 is 12.0 Å². The van der Waals surface area contributed by atoms with Crippen molar-refractivity contribution in [1.82, 2.24) is 4.57 Å². The van der Waals surface area contributed by atoms with Gasteiger partial charge in [0.1, 0.15) is 17.5 Å². The summed E-state index contributed by atoms with van der Waals surface area (Å²) in [6, 6.07) is 9.91. The van der Waals surface area contributed by atoms with Crippen LogP contribution in [-0.4, -0.2) is 45.6 Å². The lowest BCUT2D eigenvalue weighted by Crippen LogP contribution is -2.40. The van der Waals surface area contributed by atoms with Crippen LogP contribution in [0.1, 0.15) is 43.9 Å². The summed E-state index contributed by atoms with van der Waals surface area (Å²) >= 11 is 1.26. The molecule has 206 valence electrons. The Bertz CT molecular complexity index is 1590. The van der Waals surface area contributed by atoms with Gasteiger partial charge in [0.2, 0.25) is 0 Å². The van der Waals surface area contributed by atoms with Gasteiger partial charge in [0.15, 0.2) is 16.3 Å². The highest BCUT2D eigenvalue weighted by Gasteiger charge is 2.36. The maximum atomic E-state index is 14.0. The number of rotatable bonds is 10. The highest BCUT2D eigenvalue weighted by Crippen LogP contribution is 2.38. The Morgan fingerprint density at radius 2 is 1.69 bits per heavy atom. The summed E-state index contributed by atoms with van der Waals surface area (Å²) in [6.07, 6.45) is 3.07. The molecule has 0 spiro atoms. The summed E-state index contributed by atoms with van der Waals surface area (Å²) in [5.41, 5.74) is 1.97. The zero-order valence-corrected chi connectivity index (χ0v) is 23.7. The van der Waals surface area contributed by atoms with Crippen LogP contribution in [0.25, 0.3) is 6.08 Å². The Labute approximate surface area is 230 Å². The van der Waals surface area contributed by atoms with Crippen LogP contribution in [0.2, 0.25) is 0 Å². The summed E-state index contributed by atoms with van der Waals surface area (Å²) in [6.45, 7) is 3.95. The van der Waals surface area contributed by atoms with Crippen molar-refractivity contribution in [3.05, 3.63) is 78.5 Å². The van der Waals surface area contributed by atoms with Crippen LogP contribution >= 0.6 is 11.3 Å². The molecule has 0 fully saturated rings. The van der Waals surface area contributed by atoms with E-state index in [-0.39, 0.29) is 12.2 Å². The van der Waals surface area contributed by atoms with Crippen molar-refractivity contribution in [2.45, 2.75) is 32.7 Å². The van der Waals surface area contributed by atoms with Gasteiger partial charge in [0.25, 0.3) is 5.56 Å². The van der Waals surface area contributed by atoms with Gasteiger partial charge < -0.3 is 23.7 Å². The lowest BCUT2D eigenvalue weighted by Gasteiger charge is -2.27. The number of esters is 1. The van der Waals surface area contributed by atoms with Crippen LogP contribution in [0, 0.1) is 0 Å². The van der Waals surface area contributed by atoms with E-state index in [0.717, 1.165) is 12.0 Å². The quantitative estimate of drug-likeness (QED) is 0.355. The first-order valence-corrected chi connectivity index (χ1v) is 13.4. The number of allylic oxidation sites excluding steroid dienone is 1. The normalized spacial score (nSPS) is 14.9. The number of ether oxygens (including phenoxy) is 5. The van der Waals surface area contributed by atoms with Gasteiger partial charge in [-0.1, -0.05) is 30.7 Å². The molecule has 1 aliphatic heterocycles. The van der Waals surface area contributed by atoms with Gasteiger partial charge in [-0.2, -0.15) is 0 Å². The van der Waals surface area contributed by atoms with Crippen LogP contribution < -0.4 is 33.8 Å². The van der Waals surface area contributed by atoms with Crippen LogP contribution in [-0.2, 0) is 9.53 Å². The Hall–Kier alpha value is -4.05. The number of thiazole rings is 1. The maximum Gasteiger partial charge on any atom is 0.338 e. The first kappa shape index (κ1) is 28.0. The summed E-state index contributed by atoms with van der Waals surface area (Å²) in [4.78, 5) is 32.7. The number of carbonyl (C=O) groups excluding carboxylic acids is 1. The highest BCUT2D eigenvalue weighted by molar-refractivity contribution is 7.07. The minimum absolute atomic E-state index is 0.188. The molecule has 9 nitrogen and oxygen atoms in total. The van der Waals surface area contributed by atoms with Gasteiger partial charge in [-0.3, -0.25) is 9.36 Å². The molecule has 1 aromatic heterocycles. The molecule has 39 heavy (non-hydrogen) atoms. The fraction of sp³-hybridized carbons (Fsp3) is 0.345. The van der Waals surface area contributed by atoms with Gasteiger partial charge in [-0.15, -0.1) is 0 Å². The van der Waals surface area contributed by atoms with E-state index in [0.29, 0.717) is 55.6 Å². The average Bonchev–Trinajstić information content (AvgIpc) is 3.26. The lowest BCUT2D eigenvalue weighted by molar-refractivity contribution is -0.139. The van der Waals surface area contributed by atoms with Gasteiger partial charge in [0, 0.05) is 5.56 Å². The van der Waals surface area contributed by atoms with E-state index in [1.54, 1.807) is 76.3 Å². The fourth-order valence-electron chi connectivity index (χ4n) is 4.56. The molecule has 10 heteroatoms. The number of benzene rings is 2. The number of hydrogen-bond donors (Lipinski definition) is 0. The number of hydrogen-bond acceptors (Lipinski definition) is 9. The molecule has 0 radical (unpaired) electrons. The van der Waals surface area contributed by atoms with Crippen LogP contribution in [0.3, 0.4) is 0 Å². The molecule has 0 saturated heterocycles. The monoisotopic (exact) mass is 552 g/mol. The Morgan fingerprint density at radius 1 is 0.974 bits per heavy atom. The van der Waals surface area contributed by atoms with Crippen molar-refractivity contribution < 1.29 is 28.5 Å². The standard InChI is InChI=1S/C29H32N2O7S/c1-7-9-20-25(28(33)38-8-2)26(19-16-18(34-3)11-13-21(19)35-4)31-27(32)24(39-29(31)30-20)15-17-10-12-22(36-5)23(14-17)37-6/h10-16,26H,7-9H2,1-6H3/b24-15-/t26-/m0/s1. The maximum absolute atomic E-state index is 14.0. The number of methoxy groups -OCH3 is 4. The molecule has 3 aromatic rings. The molecule has 2 heterocycles. The van der Waals surface area contributed by atoms with Crippen LogP contribution in [0.4, 0.5) is 0 Å². The Balaban J connectivity index is 2.03. The molecule has 0 saturated carbocycles. The van der Waals surface area contributed by atoms with E-state index in [4.69, 9.17) is 28.7 Å². The van der Waals surface area contributed by atoms with Gasteiger partial charge >= 0.3 is 5.97 Å². The third-order valence-corrected chi connectivity index (χ3v) is 7.31. The molecule has 0 aliphatic carbocycles. The average molecular weight is 553 g/mol. The molecule has 0 bridgehead atoms. The Kier molecular flexibility index (Phi) is 8.75. The highest BCUT2D eigenvalue weighted by atomic mass is 32.1. The van der Waals surface area contributed by atoms with Crippen molar-refractivity contribution in [3.8, 4) is 23.0 Å². The molecule has 0 unspecified atom stereocenters. The summed E-state index contributed by atoms with van der Waals surface area (Å²) in [5, 5.41) is 0. The largest absolute Gasteiger partial charge is 0.497 e. The van der Waals surface area contributed by atoms with Gasteiger partial charge in [-0.05, 0) is 55.3 Å². The minimum atomic E-state index is -0.820. The zero-order valence-electron chi connectivity index (χ0n) is 22.9. The second-order valence-electron chi connectivity index (χ2n) is 8.64. The molecular formula is C29H32N2O7S. The minimum Gasteiger partial charge on any atom is -0.497 e. The first-order valence-electron chi connectivity index (χ1n) is 12.6. The molecular weight excluding hydrogens is 520 g/mol. The van der Waals surface area contributed by atoms with E-state index in [9.17, 15) is 9.59 Å². The van der Waals surface area contributed by atoms with Crippen LogP contribution in [0.15, 0.2) is 57.5 Å². The Morgan fingerprint density at radius 3 is 2.33 bits per heavy atom. The van der Waals surface area contributed by atoms with E-state index >= 15 is 0 Å². The smallest absolute Gasteiger partial charge is 0.338 e. The fourth-order valence-corrected chi connectivity index (χ4v) is 5.58. The van der Waals surface area contributed by atoms with Crippen LogP contribution in [0.5, 0.6) is 23.0 Å². The molecule has 2 aromatic carbocycles. The summed E-state index contributed by atoms with van der Waals surface area (Å²) < 4.78 is 29.4. The molecule has 0 amide bonds. The number of fused-ring (bicyclic) bond motifs is 1. The second-order valence-corrected chi connectivity index (χ2v) is 9.64. The SMILES string of the molecule is CCCC1=C(C(=O)OCC)[C@H](c2cc(OC)ccc2OC)n2c(s/c(=C\c3ccc(OC)c(OC)c3)c2=O)=N1. The number of nitrogens with zero attached hydrogens (tertiary/aromatic N) is 2. The number of carbonyl (C=O) groups is 1. The van der Waals surface area contributed by atoms with Crippen molar-refractivity contribution >= 4 is 23.4 Å². The van der Waals surface area contributed by atoms with Crippen molar-refractivity contribution in [1.29, 1.82) is 0 Å². The zero-order chi connectivity index (χ0) is 28.1. The van der Waals surface area contributed by atoms with Crippen molar-refractivity contribution in [3.63, 3.8) is 0 Å². The van der Waals surface area contributed by atoms with Crippen molar-refractivity contribution in [2.75, 3.05) is 35.0 Å². The van der Waals surface area contributed by atoms with Crippen molar-refractivity contribution in [2.24, 2.45) is 4.99 Å². The van der Waals surface area contributed by atoms with Gasteiger partial charge in [0.05, 0.1) is 50.8 Å². The predicted molar refractivity (Wildman–Crippen MR) is 149 cm³/mol. The van der Waals surface area contributed by atoms with E-state index in [1.807, 2.05) is 13.0 Å². The molecule has 0 N–H and O–H groups in total. The van der Waals surface area contributed by atoms with E-state index in [1.165, 1.54) is 11.3 Å². The number of aromatic nitrogens is 1. The first-order chi connectivity index (χ1) is 18.9. The van der Waals surface area contributed by atoms with E-state index in [2.05, 4.69) is 0 Å². The topological polar surface area (TPSA) is 97.6 Å². The summed E-state index contributed by atoms with van der Waals surface area (Å²) in [7, 11) is 6.23. The lowest BCUT2D eigenvalue weighted by atomic mass is 9.93.